The molecule has 19 aromatic rings. The Kier molecular flexibility index (Phi) is 16.3. The third-order valence-electron chi connectivity index (χ3n) is 23.6. The molecule has 17 aromatic carbocycles. The molecule has 115 heavy (non-hydrogen) atoms. The van der Waals surface area contributed by atoms with Gasteiger partial charge in [-0.3, -0.25) is 0 Å². The van der Waals surface area contributed by atoms with Crippen LogP contribution >= 0.6 is 0 Å². The zero-order valence-corrected chi connectivity index (χ0v) is 63.7. The summed E-state index contributed by atoms with van der Waals surface area (Å²) in [6, 6.07) is 145. The topological polar surface area (TPSA) is 44.5 Å². The number of nitriles is 1. The zero-order chi connectivity index (χ0) is 77.0. The van der Waals surface area contributed by atoms with E-state index in [4.69, 9.17) is 6.57 Å². The van der Waals surface area contributed by atoms with Gasteiger partial charge in [0.2, 0.25) is 0 Å². The second-order valence-electron chi connectivity index (χ2n) is 31.3. The van der Waals surface area contributed by atoms with E-state index in [0.29, 0.717) is 11.3 Å². The predicted octanol–water partition coefficient (Wildman–Crippen LogP) is 27.0. The molecule has 0 spiro atoms. The van der Waals surface area contributed by atoms with Crippen molar-refractivity contribution in [2.24, 2.45) is 0 Å². The van der Waals surface area contributed by atoms with Crippen molar-refractivity contribution in [3.05, 3.63) is 411 Å². The van der Waals surface area contributed by atoms with Crippen molar-refractivity contribution in [3.8, 4) is 106 Å². The lowest BCUT2D eigenvalue weighted by Gasteiger charge is -2.46. The predicted molar refractivity (Wildman–Crippen MR) is 482 cm³/mol. The average molecular weight is 1470 g/mol. The molecular formula is C108H73BN6. The van der Waals surface area contributed by atoms with E-state index in [1.165, 1.54) is 27.1 Å². The first-order valence-electron chi connectivity index (χ1n) is 39.4. The fourth-order valence-electron chi connectivity index (χ4n) is 18.3. The SMILES string of the molecule is [C-]#[N+]c1cccc(-c2cc(-c3ccccc3)c(N3c4cc(-n5c6ccccc6c6ccccc65)ccc4B4c5ccc(-n6c7ccccc7c7ccccc76)cc5N(c5c(-c6ccccc6)cc(-c6cccc(C#N)c6)cc5-c5cccc(C(C)(C)C)c5)c5cc(-c6ccccc6)cc3c54)c(-c3cccc(-c4ccccc4)c3)c2)c1. The molecule has 0 aliphatic carbocycles. The summed E-state index contributed by atoms with van der Waals surface area (Å²) in [4.78, 5) is 9.35. The number of hydrogen-bond acceptors (Lipinski definition) is 3. The fraction of sp³-hybridized carbons (Fsp3) is 0.0370. The molecule has 0 atom stereocenters. The molecule has 0 saturated heterocycles. The van der Waals surface area contributed by atoms with E-state index in [2.05, 4.69) is 402 Å². The smallest absolute Gasteiger partial charge is 0.252 e. The normalized spacial score (nSPS) is 12.2. The summed E-state index contributed by atoms with van der Waals surface area (Å²) < 4.78 is 4.94. The van der Waals surface area contributed by atoms with Gasteiger partial charge >= 0.3 is 0 Å². The summed E-state index contributed by atoms with van der Waals surface area (Å²) >= 11 is 0. The molecular weight excluding hydrogens is 1390 g/mol. The molecule has 6 nitrogen and oxygen atoms in total. The summed E-state index contributed by atoms with van der Waals surface area (Å²) in [5.74, 6) is 0. The highest BCUT2D eigenvalue weighted by molar-refractivity contribution is 7.00. The Hall–Kier alpha value is -15.0. The van der Waals surface area contributed by atoms with E-state index >= 15 is 0 Å². The first-order chi connectivity index (χ1) is 56.6. The Balaban J connectivity index is 0.960. The lowest BCUT2D eigenvalue weighted by Crippen LogP contribution is -2.61. The average Bonchev–Trinajstić information content (AvgIpc) is 1.01. The van der Waals surface area contributed by atoms with Gasteiger partial charge in [-0.25, -0.2) is 4.85 Å². The van der Waals surface area contributed by atoms with Gasteiger partial charge in [0.1, 0.15) is 0 Å². The molecule has 538 valence electrons. The third-order valence-corrected chi connectivity index (χ3v) is 23.6. The minimum Gasteiger partial charge on any atom is -0.310 e. The number of hydrogen-bond donors (Lipinski definition) is 0. The van der Waals surface area contributed by atoms with Crippen molar-refractivity contribution in [1.82, 2.24) is 9.13 Å². The Morgan fingerprint density at radius 1 is 0.296 bits per heavy atom. The molecule has 0 radical (unpaired) electrons. The van der Waals surface area contributed by atoms with Crippen LogP contribution in [0.4, 0.5) is 39.8 Å². The van der Waals surface area contributed by atoms with E-state index in [9.17, 15) is 5.26 Å². The van der Waals surface area contributed by atoms with Gasteiger partial charge in [-0.15, -0.1) is 0 Å². The van der Waals surface area contributed by atoms with Gasteiger partial charge in [0.15, 0.2) is 5.69 Å². The van der Waals surface area contributed by atoms with Crippen LogP contribution in [0.25, 0.3) is 149 Å². The van der Waals surface area contributed by atoms with E-state index in [0.717, 1.165) is 173 Å². The van der Waals surface area contributed by atoms with Gasteiger partial charge in [0.25, 0.3) is 6.71 Å². The van der Waals surface area contributed by atoms with Crippen LogP contribution in [0, 0.1) is 17.9 Å². The van der Waals surface area contributed by atoms with Crippen LogP contribution in [0.3, 0.4) is 0 Å². The lowest BCUT2D eigenvalue weighted by atomic mass is 9.33. The van der Waals surface area contributed by atoms with Crippen molar-refractivity contribution >= 4 is 107 Å². The number of nitrogens with zero attached hydrogens (tertiary/aromatic N) is 6. The molecule has 7 heteroatoms. The molecule has 2 aliphatic heterocycles. The van der Waals surface area contributed by atoms with E-state index < -0.39 is 0 Å². The Morgan fingerprint density at radius 2 is 0.652 bits per heavy atom. The molecule has 21 rings (SSSR count). The van der Waals surface area contributed by atoms with Crippen molar-refractivity contribution in [3.63, 3.8) is 0 Å². The van der Waals surface area contributed by atoms with Crippen LogP contribution in [0.2, 0.25) is 0 Å². The van der Waals surface area contributed by atoms with Crippen LogP contribution < -0.4 is 26.2 Å². The van der Waals surface area contributed by atoms with Gasteiger partial charge in [-0.2, -0.15) is 5.26 Å². The number of fused-ring (bicyclic) bond motifs is 10. The standard InChI is InChI=1S/C108H73BN6/c1-108(2,3)83-43-27-42-79(59-83)94-63-80(75-38-25-29-70(57-75)69-110)61-91(73-34-13-7-14-35-73)107(94)115-102-68-86(113-99-51-23-19-47-89(99)90-48-20-24-52-100(90)113)54-56-96(102)109-95-55-53-85(112-97-49-21-17-45-87(97)88-46-18-22-50-98(88)112)67-101(95)114(103-65-82(66-104(115)105(103)109)72-32-11-6-12-33-72)106-92(74-36-15-8-16-37-74)62-81(77-40-28-44-84(60-77)111-4)64-93(106)78-41-26-39-76(58-78)71-30-9-5-10-31-71/h5-68H,1-3H3. The maximum atomic E-state index is 10.7. The summed E-state index contributed by atoms with van der Waals surface area (Å²) in [5, 5.41) is 15.4. The highest BCUT2D eigenvalue weighted by atomic mass is 15.2. The van der Waals surface area contributed by atoms with Gasteiger partial charge in [0, 0.05) is 77.9 Å². The van der Waals surface area contributed by atoms with Crippen LogP contribution in [0.1, 0.15) is 31.9 Å². The quantitative estimate of drug-likeness (QED) is 0.0904. The second kappa shape index (κ2) is 27.5. The first kappa shape index (κ1) is 68.0. The van der Waals surface area contributed by atoms with Crippen LogP contribution in [0.5, 0.6) is 0 Å². The van der Waals surface area contributed by atoms with E-state index in [-0.39, 0.29) is 12.1 Å². The Morgan fingerprint density at radius 3 is 1.10 bits per heavy atom. The molecule has 0 saturated carbocycles. The molecule has 2 aliphatic rings. The summed E-state index contributed by atoms with van der Waals surface area (Å²) in [6.45, 7) is 14.9. The van der Waals surface area contributed by atoms with Crippen molar-refractivity contribution < 1.29 is 0 Å². The van der Waals surface area contributed by atoms with Crippen molar-refractivity contribution in [2.75, 3.05) is 9.80 Å². The van der Waals surface area contributed by atoms with Gasteiger partial charge in [-0.05, 0) is 203 Å². The van der Waals surface area contributed by atoms with Crippen LogP contribution in [-0.2, 0) is 5.41 Å². The largest absolute Gasteiger partial charge is 0.310 e. The number of anilines is 6. The number of rotatable bonds is 12. The minimum atomic E-state index is -0.367. The lowest BCUT2D eigenvalue weighted by molar-refractivity contribution is 0.590. The summed E-state index contributed by atoms with van der Waals surface area (Å²) in [6.07, 6.45) is 0. The van der Waals surface area contributed by atoms with Gasteiger partial charge in [0.05, 0.1) is 51.6 Å². The van der Waals surface area contributed by atoms with Crippen LogP contribution in [-0.4, -0.2) is 15.8 Å². The molecule has 0 unspecified atom stereocenters. The highest BCUT2D eigenvalue weighted by Gasteiger charge is 2.46. The number of benzene rings is 17. The molecule has 0 bridgehead atoms. The second-order valence-corrected chi connectivity index (χ2v) is 31.3. The van der Waals surface area contributed by atoms with E-state index in [1.807, 2.05) is 36.4 Å². The summed E-state index contributed by atoms with van der Waals surface area (Å²) in [5.41, 5.74) is 34.7. The Labute approximate surface area is 669 Å². The first-order valence-corrected chi connectivity index (χ1v) is 39.4. The molecule has 2 aromatic heterocycles. The summed E-state index contributed by atoms with van der Waals surface area (Å²) in [7, 11) is 0. The Bertz CT molecular complexity index is 7130. The minimum absolute atomic E-state index is 0.207. The zero-order valence-electron chi connectivity index (χ0n) is 63.7. The number of aromatic nitrogens is 2. The van der Waals surface area contributed by atoms with Gasteiger partial charge in [-0.1, -0.05) is 300 Å². The molecule has 0 fully saturated rings. The molecule has 0 N–H and O–H groups in total. The highest BCUT2D eigenvalue weighted by Crippen LogP contribution is 2.56. The number of para-hydroxylation sites is 4. The maximum Gasteiger partial charge on any atom is 0.252 e. The monoisotopic (exact) mass is 1460 g/mol. The van der Waals surface area contributed by atoms with Crippen molar-refractivity contribution in [1.29, 1.82) is 5.26 Å². The molecule has 4 heterocycles. The molecule has 0 amide bonds. The van der Waals surface area contributed by atoms with Crippen molar-refractivity contribution in [2.45, 2.75) is 26.2 Å². The van der Waals surface area contributed by atoms with E-state index in [1.54, 1.807) is 0 Å². The van der Waals surface area contributed by atoms with Gasteiger partial charge < -0.3 is 18.9 Å². The fourth-order valence-corrected chi connectivity index (χ4v) is 18.3. The van der Waals surface area contributed by atoms with Crippen LogP contribution in [0.15, 0.2) is 388 Å². The third kappa shape index (κ3) is 11.5. The maximum absolute atomic E-state index is 10.7.